The van der Waals surface area contributed by atoms with Gasteiger partial charge in [-0.2, -0.15) is 0 Å². The van der Waals surface area contributed by atoms with E-state index in [1.165, 1.54) is 11.8 Å². The number of anilines is 1. The largest absolute Gasteiger partial charge is 0.465 e. The van der Waals surface area contributed by atoms with Gasteiger partial charge >= 0.3 is 5.97 Å². The van der Waals surface area contributed by atoms with E-state index in [4.69, 9.17) is 22.1 Å². The van der Waals surface area contributed by atoms with Crippen LogP contribution in [0.4, 0.5) is 5.69 Å². The predicted octanol–water partition coefficient (Wildman–Crippen LogP) is 2.33. The monoisotopic (exact) mass is 243 g/mol. The van der Waals surface area contributed by atoms with Crippen LogP contribution in [0.5, 0.6) is 0 Å². The molecule has 1 aliphatic rings. The van der Waals surface area contributed by atoms with Gasteiger partial charge in [-0.05, 0) is 18.2 Å². The van der Waals surface area contributed by atoms with Crippen LogP contribution in [0, 0.1) is 0 Å². The summed E-state index contributed by atoms with van der Waals surface area (Å²) >= 11 is 7.22. The highest BCUT2D eigenvalue weighted by Crippen LogP contribution is 2.34. The van der Waals surface area contributed by atoms with Crippen LogP contribution in [0.3, 0.4) is 0 Å². The SMILES string of the molecule is Nc1cc(Cl)ccc1SC1CCOC1=O. The van der Waals surface area contributed by atoms with Crippen molar-refractivity contribution in [1.82, 2.24) is 0 Å². The molecule has 80 valence electrons. The highest BCUT2D eigenvalue weighted by molar-refractivity contribution is 8.00. The number of esters is 1. The van der Waals surface area contributed by atoms with Gasteiger partial charge in [0.1, 0.15) is 5.25 Å². The van der Waals surface area contributed by atoms with E-state index in [1.807, 2.05) is 6.07 Å². The number of halogens is 1. The van der Waals surface area contributed by atoms with Crippen LogP contribution in [0.1, 0.15) is 6.42 Å². The first-order valence-corrected chi connectivity index (χ1v) is 5.81. The number of nitrogens with two attached hydrogens (primary N) is 1. The predicted molar refractivity (Wildman–Crippen MR) is 61.1 cm³/mol. The van der Waals surface area contributed by atoms with Gasteiger partial charge in [0.2, 0.25) is 0 Å². The van der Waals surface area contributed by atoms with Crippen LogP contribution in [-0.4, -0.2) is 17.8 Å². The van der Waals surface area contributed by atoms with E-state index in [0.717, 1.165) is 11.3 Å². The van der Waals surface area contributed by atoms with Gasteiger partial charge in [-0.3, -0.25) is 4.79 Å². The summed E-state index contributed by atoms with van der Waals surface area (Å²) in [5.41, 5.74) is 6.39. The molecule has 0 aromatic heterocycles. The van der Waals surface area contributed by atoms with Gasteiger partial charge in [0.05, 0.1) is 6.61 Å². The first kappa shape index (κ1) is 10.6. The summed E-state index contributed by atoms with van der Waals surface area (Å²) < 4.78 is 4.87. The van der Waals surface area contributed by atoms with E-state index in [0.29, 0.717) is 17.3 Å². The number of hydrogen-bond donors (Lipinski definition) is 1. The van der Waals surface area contributed by atoms with Crippen LogP contribution in [0.25, 0.3) is 0 Å². The minimum Gasteiger partial charge on any atom is -0.465 e. The van der Waals surface area contributed by atoms with Gasteiger partial charge in [0.15, 0.2) is 0 Å². The molecule has 1 aliphatic heterocycles. The third kappa shape index (κ3) is 2.38. The van der Waals surface area contributed by atoms with Gasteiger partial charge in [0, 0.05) is 22.0 Å². The zero-order valence-corrected chi connectivity index (χ0v) is 9.48. The van der Waals surface area contributed by atoms with E-state index >= 15 is 0 Å². The van der Waals surface area contributed by atoms with Gasteiger partial charge in [-0.15, -0.1) is 11.8 Å². The van der Waals surface area contributed by atoms with Crippen LogP contribution in [0.15, 0.2) is 23.1 Å². The summed E-state index contributed by atoms with van der Waals surface area (Å²) in [5, 5.41) is 0.472. The topological polar surface area (TPSA) is 52.3 Å². The number of carbonyl (C=O) groups is 1. The molecule has 5 heteroatoms. The van der Waals surface area contributed by atoms with Crippen LogP contribution < -0.4 is 5.73 Å². The average molecular weight is 244 g/mol. The summed E-state index contributed by atoms with van der Waals surface area (Å²) in [6.07, 6.45) is 0.742. The van der Waals surface area contributed by atoms with E-state index in [9.17, 15) is 4.79 Å². The number of rotatable bonds is 2. The Labute approximate surface area is 96.9 Å². The van der Waals surface area contributed by atoms with E-state index in [1.54, 1.807) is 12.1 Å². The number of nitrogen functional groups attached to an aromatic ring is 1. The molecule has 0 radical (unpaired) electrons. The van der Waals surface area contributed by atoms with Crippen molar-refractivity contribution in [3.05, 3.63) is 23.2 Å². The Bertz CT molecular complexity index is 397. The number of hydrogen-bond acceptors (Lipinski definition) is 4. The molecule has 0 saturated carbocycles. The number of ether oxygens (including phenoxy) is 1. The molecule has 2 rings (SSSR count). The zero-order chi connectivity index (χ0) is 10.8. The van der Waals surface area contributed by atoms with Crippen molar-refractivity contribution in [1.29, 1.82) is 0 Å². The first-order valence-electron chi connectivity index (χ1n) is 4.55. The lowest BCUT2D eigenvalue weighted by Crippen LogP contribution is -2.09. The fraction of sp³-hybridized carbons (Fsp3) is 0.300. The van der Waals surface area contributed by atoms with Crippen LogP contribution in [-0.2, 0) is 9.53 Å². The molecule has 0 aliphatic carbocycles. The van der Waals surface area contributed by atoms with Crippen molar-refractivity contribution >= 4 is 35.0 Å². The smallest absolute Gasteiger partial charge is 0.319 e. The second kappa shape index (κ2) is 4.33. The normalized spacial score (nSPS) is 20.3. The lowest BCUT2D eigenvalue weighted by molar-refractivity contribution is -0.137. The number of cyclic esters (lactones) is 1. The highest BCUT2D eigenvalue weighted by Gasteiger charge is 2.27. The second-order valence-electron chi connectivity index (χ2n) is 3.24. The van der Waals surface area contributed by atoms with Crippen LogP contribution >= 0.6 is 23.4 Å². The van der Waals surface area contributed by atoms with Crippen molar-refractivity contribution in [2.24, 2.45) is 0 Å². The summed E-state index contributed by atoms with van der Waals surface area (Å²) in [7, 11) is 0. The standard InChI is InChI=1S/C10H10ClNO2S/c11-6-1-2-8(7(12)5-6)15-9-3-4-14-10(9)13/h1-2,5,9H,3-4,12H2. The van der Waals surface area contributed by atoms with Gasteiger partial charge < -0.3 is 10.5 Å². The number of benzene rings is 1. The minimum atomic E-state index is -0.158. The van der Waals surface area contributed by atoms with Crippen molar-refractivity contribution in [3.8, 4) is 0 Å². The molecule has 0 spiro atoms. The fourth-order valence-corrected chi connectivity index (χ4v) is 2.57. The summed E-state index contributed by atoms with van der Waals surface area (Å²) in [5.74, 6) is -0.158. The Kier molecular flexibility index (Phi) is 3.07. The summed E-state index contributed by atoms with van der Waals surface area (Å²) in [6.45, 7) is 0.504. The van der Waals surface area contributed by atoms with Crippen molar-refractivity contribution in [2.45, 2.75) is 16.6 Å². The van der Waals surface area contributed by atoms with Crippen molar-refractivity contribution in [3.63, 3.8) is 0 Å². The van der Waals surface area contributed by atoms with Gasteiger partial charge in [-0.25, -0.2) is 0 Å². The molecular weight excluding hydrogens is 234 g/mol. The Balaban J connectivity index is 2.13. The molecule has 1 heterocycles. The van der Waals surface area contributed by atoms with Gasteiger partial charge in [0.25, 0.3) is 0 Å². The van der Waals surface area contributed by atoms with Crippen molar-refractivity contribution < 1.29 is 9.53 Å². The molecule has 1 saturated heterocycles. The molecular formula is C10H10ClNO2S. The zero-order valence-electron chi connectivity index (χ0n) is 7.90. The first-order chi connectivity index (χ1) is 7.16. The Morgan fingerprint density at radius 1 is 1.53 bits per heavy atom. The molecule has 1 atom stereocenters. The Hall–Kier alpha value is -0.870. The molecule has 1 aromatic carbocycles. The molecule has 0 amide bonds. The van der Waals surface area contributed by atoms with E-state index in [2.05, 4.69) is 0 Å². The Morgan fingerprint density at radius 2 is 2.33 bits per heavy atom. The molecule has 2 N–H and O–H groups in total. The Morgan fingerprint density at radius 3 is 2.93 bits per heavy atom. The maximum absolute atomic E-state index is 11.2. The fourth-order valence-electron chi connectivity index (χ4n) is 1.36. The van der Waals surface area contributed by atoms with Gasteiger partial charge in [-0.1, -0.05) is 11.6 Å². The number of carbonyl (C=O) groups excluding carboxylic acids is 1. The highest BCUT2D eigenvalue weighted by atomic mass is 35.5. The van der Waals surface area contributed by atoms with E-state index in [-0.39, 0.29) is 11.2 Å². The summed E-state index contributed by atoms with van der Waals surface area (Å²) in [4.78, 5) is 12.1. The second-order valence-corrected chi connectivity index (χ2v) is 4.93. The maximum Gasteiger partial charge on any atom is 0.319 e. The molecule has 15 heavy (non-hydrogen) atoms. The third-order valence-electron chi connectivity index (χ3n) is 2.13. The maximum atomic E-state index is 11.2. The molecule has 1 fully saturated rings. The quantitative estimate of drug-likeness (QED) is 0.640. The van der Waals surface area contributed by atoms with E-state index < -0.39 is 0 Å². The molecule has 1 unspecified atom stereocenters. The average Bonchev–Trinajstić information content (AvgIpc) is 2.57. The molecule has 1 aromatic rings. The minimum absolute atomic E-state index is 0.131. The number of thioether (sulfide) groups is 1. The lowest BCUT2D eigenvalue weighted by atomic mass is 10.3. The summed E-state index contributed by atoms with van der Waals surface area (Å²) in [6, 6.07) is 5.28. The van der Waals surface area contributed by atoms with Crippen molar-refractivity contribution in [2.75, 3.05) is 12.3 Å². The third-order valence-corrected chi connectivity index (χ3v) is 3.70. The lowest BCUT2D eigenvalue weighted by Gasteiger charge is -2.08. The molecule has 0 bridgehead atoms. The van der Waals surface area contributed by atoms with Crippen LogP contribution in [0.2, 0.25) is 5.02 Å². The molecule has 3 nitrogen and oxygen atoms in total.